The molecular formula is C2H4O6S2. The van der Waals surface area contributed by atoms with Gasteiger partial charge in [-0.05, 0) is 17.3 Å². The summed E-state index contributed by atoms with van der Waals surface area (Å²) in [7, 11) is -4.20. The molecule has 0 unspecified atom stereocenters. The minimum absolute atomic E-state index is 0.579. The Balaban J connectivity index is 3.82. The Morgan fingerprint density at radius 1 is 1.60 bits per heavy atom. The topological polar surface area (TPSA) is 93.1 Å². The second-order valence-corrected chi connectivity index (χ2v) is 3.16. The molecule has 0 aromatic carbocycles. The monoisotopic (exact) mass is 188 g/mol. The average Bonchev–Trinajstić information content (AvgIpc) is 1.59. The maximum atomic E-state index is 9.97. The maximum absolute atomic E-state index is 9.97. The summed E-state index contributed by atoms with van der Waals surface area (Å²) in [6, 6.07) is 0. The Labute approximate surface area is 62.0 Å². The lowest BCUT2D eigenvalue weighted by molar-refractivity contribution is -0.448. The molecule has 8 heteroatoms. The molecule has 0 saturated heterocycles. The van der Waals surface area contributed by atoms with Gasteiger partial charge in [-0.1, -0.05) is 0 Å². The number of hydrogen-bond donors (Lipinski definition) is 2. The van der Waals surface area contributed by atoms with Gasteiger partial charge in [0.05, 0.1) is 0 Å². The van der Waals surface area contributed by atoms with Gasteiger partial charge in [0, 0.05) is 0 Å². The van der Waals surface area contributed by atoms with Crippen LogP contribution in [0.3, 0.4) is 0 Å². The van der Waals surface area contributed by atoms with E-state index in [4.69, 9.17) is 9.81 Å². The van der Waals surface area contributed by atoms with Gasteiger partial charge in [-0.15, -0.1) is 0 Å². The summed E-state index contributed by atoms with van der Waals surface area (Å²) in [4.78, 5) is 3.67. The number of hydrogen-bond acceptors (Lipinski definition) is 6. The molecule has 0 fully saturated rings. The van der Waals surface area contributed by atoms with Crippen molar-refractivity contribution in [2.45, 2.75) is 0 Å². The summed E-state index contributed by atoms with van der Waals surface area (Å²) in [6.07, 6.45) is 0. The smallest absolute Gasteiger partial charge is 0.273 e. The molecule has 6 nitrogen and oxygen atoms in total. The van der Waals surface area contributed by atoms with Gasteiger partial charge in [0.25, 0.3) is 10.1 Å². The van der Waals surface area contributed by atoms with Crippen molar-refractivity contribution in [1.29, 1.82) is 0 Å². The van der Waals surface area contributed by atoms with Gasteiger partial charge in [-0.25, -0.2) is 5.26 Å². The van der Waals surface area contributed by atoms with E-state index in [2.05, 4.69) is 22.1 Å². The van der Waals surface area contributed by atoms with Crippen LogP contribution in [0.5, 0.6) is 0 Å². The molecule has 0 amide bonds. The van der Waals surface area contributed by atoms with Crippen molar-refractivity contribution in [2.75, 3.05) is 5.75 Å². The predicted molar refractivity (Wildman–Crippen MR) is 33.8 cm³/mol. The van der Waals surface area contributed by atoms with E-state index in [1.165, 1.54) is 0 Å². The summed E-state index contributed by atoms with van der Waals surface area (Å²) in [5.74, 6) is -0.886. The van der Waals surface area contributed by atoms with E-state index in [0.29, 0.717) is 0 Å². The summed E-state index contributed by atoms with van der Waals surface area (Å²) in [5, 5.41) is 10.0. The summed E-state index contributed by atoms with van der Waals surface area (Å²) in [6.45, 7) is 0. The Bertz CT molecular complexity index is 204. The molecule has 0 aromatic heterocycles. The molecule has 0 heterocycles. The first-order valence-electron chi connectivity index (χ1n) is 1.92. The highest BCUT2D eigenvalue weighted by molar-refractivity contribution is 7.89. The van der Waals surface area contributed by atoms with Crippen molar-refractivity contribution in [3.05, 3.63) is 0 Å². The van der Waals surface area contributed by atoms with E-state index in [1.807, 2.05) is 0 Å². The fourth-order valence-corrected chi connectivity index (χ4v) is 1.04. The van der Waals surface area contributed by atoms with Gasteiger partial charge in [0.15, 0.2) is 0 Å². The van der Waals surface area contributed by atoms with E-state index >= 15 is 0 Å². The molecule has 0 aliphatic rings. The van der Waals surface area contributed by atoms with Gasteiger partial charge in [-0.2, -0.15) is 8.42 Å². The van der Waals surface area contributed by atoms with E-state index < -0.39 is 20.9 Å². The third-order valence-corrected chi connectivity index (χ3v) is 1.45. The molecule has 0 spiro atoms. The van der Waals surface area contributed by atoms with Crippen LogP contribution in [0.2, 0.25) is 0 Å². The van der Waals surface area contributed by atoms with E-state index in [0.717, 1.165) is 0 Å². The van der Waals surface area contributed by atoms with Crippen molar-refractivity contribution in [3.8, 4) is 0 Å². The first-order valence-corrected chi connectivity index (χ1v) is 3.93. The van der Waals surface area contributed by atoms with Crippen LogP contribution in [-0.4, -0.2) is 29.0 Å². The van der Waals surface area contributed by atoms with Gasteiger partial charge in [-0.3, -0.25) is 9.44 Å². The molecule has 60 valence electrons. The molecule has 10 heavy (non-hydrogen) atoms. The third-order valence-electron chi connectivity index (χ3n) is 0.430. The molecule has 0 bridgehead atoms. The lowest BCUT2D eigenvalue weighted by atomic mass is 10.9. The number of thiocarbonyl (C=S) groups is 1. The summed E-state index contributed by atoms with van der Waals surface area (Å²) < 4.78 is 28.0. The fraction of sp³-hybridized carbons (Fsp3) is 0.500. The molecule has 0 aliphatic heterocycles. The van der Waals surface area contributed by atoms with E-state index in [1.54, 1.807) is 0 Å². The summed E-state index contributed by atoms with van der Waals surface area (Å²) >= 11 is 4.15. The SMILES string of the molecule is O=S(=O)(O)CC(=S)OOO. The highest BCUT2D eigenvalue weighted by atomic mass is 32.2. The zero-order valence-corrected chi connectivity index (χ0v) is 6.18. The largest absolute Gasteiger partial charge is 0.300 e. The summed E-state index contributed by atoms with van der Waals surface area (Å²) in [5.41, 5.74) is 0. The van der Waals surface area contributed by atoms with Crippen molar-refractivity contribution in [2.24, 2.45) is 0 Å². The Morgan fingerprint density at radius 3 is 2.40 bits per heavy atom. The fourth-order valence-electron chi connectivity index (χ4n) is 0.215. The molecule has 0 aliphatic carbocycles. The minimum Gasteiger partial charge on any atom is -0.300 e. The third kappa shape index (κ3) is 5.85. The molecule has 0 radical (unpaired) electrons. The highest BCUT2D eigenvalue weighted by Gasteiger charge is 2.10. The highest BCUT2D eigenvalue weighted by Crippen LogP contribution is 1.88. The molecule has 0 aromatic rings. The zero-order valence-electron chi connectivity index (χ0n) is 4.55. The van der Waals surface area contributed by atoms with Crippen LogP contribution in [-0.2, 0) is 20.0 Å². The van der Waals surface area contributed by atoms with Crippen LogP contribution in [0.25, 0.3) is 0 Å². The number of rotatable bonds is 3. The minimum atomic E-state index is -4.20. The zero-order chi connectivity index (χ0) is 8.20. The van der Waals surface area contributed by atoms with E-state index in [-0.39, 0.29) is 0 Å². The first-order chi connectivity index (χ1) is 4.45. The van der Waals surface area contributed by atoms with Crippen LogP contribution in [0.4, 0.5) is 0 Å². The van der Waals surface area contributed by atoms with Gasteiger partial charge < -0.3 is 0 Å². The van der Waals surface area contributed by atoms with Crippen molar-refractivity contribution < 1.29 is 28.2 Å². The lowest BCUT2D eigenvalue weighted by Crippen LogP contribution is -2.15. The second-order valence-electron chi connectivity index (χ2n) is 1.26. The molecular weight excluding hydrogens is 184 g/mol. The molecule has 2 N–H and O–H groups in total. The normalized spacial score (nSPS) is 11.0. The predicted octanol–water partition coefficient (Wildman–Crippen LogP) is -0.377. The molecule has 0 saturated carbocycles. The lowest BCUT2D eigenvalue weighted by Gasteiger charge is -1.96. The van der Waals surface area contributed by atoms with E-state index in [9.17, 15) is 8.42 Å². The first kappa shape index (κ1) is 9.72. The van der Waals surface area contributed by atoms with Crippen molar-refractivity contribution in [1.82, 2.24) is 0 Å². The van der Waals surface area contributed by atoms with Crippen molar-refractivity contribution in [3.63, 3.8) is 0 Å². The van der Waals surface area contributed by atoms with Crippen LogP contribution >= 0.6 is 12.2 Å². The van der Waals surface area contributed by atoms with Crippen LogP contribution in [0.15, 0.2) is 0 Å². The van der Waals surface area contributed by atoms with Crippen LogP contribution in [0.1, 0.15) is 0 Å². The Kier molecular flexibility index (Phi) is 3.68. The maximum Gasteiger partial charge on any atom is 0.273 e. The standard InChI is InChI=1S/C2H4O6S2/c3-8-7-2(9)1-10(4,5)6/h3H,1H2,(H,4,5,6). The quantitative estimate of drug-likeness (QED) is 0.270. The van der Waals surface area contributed by atoms with Crippen LogP contribution in [0, 0.1) is 0 Å². The van der Waals surface area contributed by atoms with Crippen LogP contribution < -0.4 is 0 Å². The Hall–Kier alpha value is -0.280. The average molecular weight is 188 g/mol. The van der Waals surface area contributed by atoms with Gasteiger partial charge in [0.2, 0.25) is 5.05 Å². The van der Waals surface area contributed by atoms with Gasteiger partial charge in [0.1, 0.15) is 5.75 Å². The Morgan fingerprint density at radius 2 is 2.10 bits per heavy atom. The van der Waals surface area contributed by atoms with Gasteiger partial charge >= 0.3 is 0 Å². The molecule has 0 rings (SSSR count). The van der Waals surface area contributed by atoms with Crippen molar-refractivity contribution >= 4 is 27.4 Å². The molecule has 0 atom stereocenters. The second kappa shape index (κ2) is 3.78.